The molecule has 0 aliphatic carbocycles. The SMILES string of the molecule is Cc1nc(-c2ccc(CCN3CCN(c4nsc5ccccc45)CC3)cc2)cs1. The molecule has 3 heterocycles. The van der Waals surface area contributed by atoms with E-state index in [-0.39, 0.29) is 0 Å². The molecule has 2 aromatic heterocycles. The summed E-state index contributed by atoms with van der Waals surface area (Å²) >= 11 is 3.31. The Bertz CT molecular complexity index is 1090. The number of fused-ring (bicyclic) bond motifs is 1. The molecule has 0 spiro atoms. The van der Waals surface area contributed by atoms with Gasteiger partial charge in [0.25, 0.3) is 0 Å². The molecule has 4 aromatic rings. The molecular formula is C23H24N4S2. The van der Waals surface area contributed by atoms with E-state index >= 15 is 0 Å². The van der Waals surface area contributed by atoms with Crippen LogP contribution >= 0.6 is 22.9 Å². The molecular weight excluding hydrogens is 396 g/mol. The lowest BCUT2D eigenvalue weighted by Gasteiger charge is -2.35. The maximum atomic E-state index is 4.72. The van der Waals surface area contributed by atoms with Crippen molar-refractivity contribution in [1.82, 2.24) is 14.3 Å². The number of piperazine rings is 1. The van der Waals surface area contributed by atoms with Crippen LogP contribution in [0.2, 0.25) is 0 Å². The van der Waals surface area contributed by atoms with Crippen LogP contribution in [0.4, 0.5) is 5.82 Å². The third-order valence-corrected chi connectivity index (χ3v) is 7.21. The highest BCUT2D eigenvalue weighted by Crippen LogP contribution is 2.30. The summed E-state index contributed by atoms with van der Waals surface area (Å²) < 4.78 is 6.00. The third kappa shape index (κ3) is 4.06. The zero-order chi connectivity index (χ0) is 19.6. The first-order valence-corrected chi connectivity index (χ1v) is 11.7. The van der Waals surface area contributed by atoms with E-state index in [1.54, 1.807) is 22.9 Å². The Labute approximate surface area is 179 Å². The Hall–Kier alpha value is -2.28. The van der Waals surface area contributed by atoms with Crippen LogP contribution in [0.15, 0.2) is 53.9 Å². The molecule has 4 nitrogen and oxygen atoms in total. The number of aryl methyl sites for hydroxylation is 1. The van der Waals surface area contributed by atoms with Crippen molar-refractivity contribution in [3.63, 3.8) is 0 Å². The molecule has 0 bridgehead atoms. The van der Waals surface area contributed by atoms with Gasteiger partial charge in [-0.1, -0.05) is 36.4 Å². The predicted octanol–water partition coefficient (Wildman–Crippen LogP) is 5.09. The lowest BCUT2D eigenvalue weighted by atomic mass is 10.1. The molecule has 1 aliphatic rings. The summed E-state index contributed by atoms with van der Waals surface area (Å²) in [5, 5.41) is 4.55. The van der Waals surface area contributed by atoms with Crippen molar-refractivity contribution in [1.29, 1.82) is 0 Å². The first kappa shape index (κ1) is 18.7. The minimum atomic E-state index is 1.05. The van der Waals surface area contributed by atoms with E-state index in [1.807, 2.05) is 0 Å². The minimum Gasteiger partial charge on any atom is -0.353 e. The molecule has 0 unspecified atom stereocenters. The molecule has 0 saturated carbocycles. The van der Waals surface area contributed by atoms with Gasteiger partial charge in [0.2, 0.25) is 0 Å². The average molecular weight is 421 g/mol. The van der Waals surface area contributed by atoms with Gasteiger partial charge in [0, 0.05) is 49.1 Å². The fourth-order valence-electron chi connectivity index (χ4n) is 3.91. The van der Waals surface area contributed by atoms with Gasteiger partial charge >= 0.3 is 0 Å². The normalized spacial score (nSPS) is 15.3. The maximum absolute atomic E-state index is 4.72. The molecule has 1 fully saturated rings. The van der Waals surface area contributed by atoms with Gasteiger partial charge in [-0.05, 0) is 42.6 Å². The number of benzene rings is 2. The summed E-state index contributed by atoms with van der Waals surface area (Å²) in [6.45, 7) is 7.47. The molecule has 0 N–H and O–H groups in total. The van der Waals surface area contributed by atoms with Gasteiger partial charge in [-0.2, -0.15) is 4.37 Å². The van der Waals surface area contributed by atoms with Gasteiger partial charge in [-0.25, -0.2) is 4.98 Å². The fourth-order valence-corrected chi connectivity index (χ4v) is 5.33. The van der Waals surface area contributed by atoms with Gasteiger partial charge in [0.15, 0.2) is 0 Å². The fraction of sp³-hybridized carbons (Fsp3) is 0.304. The summed E-state index contributed by atoms with van der Waals surface area (Å²) in [6.07, 6.45) is 1.09. The summed E-state index contributed by atoms with van der Waals surface area (Å²) in [6, 6.07) is 17.5. The first-order chi connectivity index (χ1) is 14.3. The van der Waals surface area contributed by atoms with E-state index in [9.17, 15) is 0 Å². The van der Waals surface area contributed by atoms with Gasteiger partial charge in [0.1, 0.15) is 5.82 Å². The zero-order valence-corrected chi connectivity index (χ0v) is 18.2. The molecule has 1 aliphatic heterocycles. The third-order valence-electron chi connectivity index (χ3n) is 5.62. The molecule has 5 rings (SSSR count). The Morgan fingerprint density at radius 2 is 1.76 bits per heavy atom. The Balaban J connectivity index is 1.15. The van der Waals surface area contributed by atoms with Gasteiger partial charge < -0.3 is 4.90 Å². The van der Waals surface area contributed by atoms with Crippen LogP contribution in [0, 0.1) is 6.92 Å². The van der Waals surface area contributed by atoms with Crippen molar-refractivity contribution in [3.8, 4) is 11.3 Å². The second kappa shape index (κ2) is 8.22. The summed E-state index contributed by atoms with van der Waals surface area (Å²) in [4.78, 5) is 9.59. The molecule has 2 aromatic carbocycles. The van der Waals surface area contributed by atoms with Crippen LogP contribution in [-0.4, -0.2) is 47.0 Å². The van der Waals surface area contributed by atoms with E-state index < -0.39 is 0 Å². The summed E-state index contributed by atoms with van der Waals surface area (Å²) in [5.41, 5.74) is 3.69. The number of hydrogen-bond donors (Lipinski definition) is 0. The second-order valence-corrected chi connectivity index (χ2v) is 9.40. The van der Waals surface area contributed by atoms with Crippen LogP contribution < -0.4 is 4.90 Å². The van der Waals surface area contributed by atoms with Crippen LogP contribution in [0.25, 0.3) is 21.3 Å². The highest BCUT2D eigenvalue weighted by atomic mass is 32.1. The van der Waals surface area contributed by atoms with Crippen molar-refractivity contribution >= 4 is 38.8 Å². The number of anilines is 1. The molecule has 6 heteroatoms. The number of aromatic nitrogens is 2. The number of hydrogen-bond acceptors (Lipinski definition) is 6. The molecule has 0 radical (unpaired) electrons. The quantitative estimate of drug-likeness (QED) is 0.450. The first-order valence-electron chi connectivity index (χ1n) is 10.1. The highest BCUT2D eigenvalue weighted by molar-refractivity contribution is 7.13. The number of nitrogens with zero attached hydrogens (tertiary/aromatic N) is 4. The topological polar surface area (TPSA) is 32.3 Å². The maximum Gasteiger partial charge on any atom is 0.150 e. The second-order valence-electron chi connectivity index (χ2n) is 7.53. The van der Waals surface area contributed by atoms with E-state index in [0.29, 0.717) is 0 Å². The van der Waals surface area contributed by atoms with Crippen molar-refractivity contribution in [2.45, 2.75) is 13.3 Å². The van der Waals surface area contributed by atoms with Gasteiger partial charge in [-0.3, -0.25) is 4.90 Å². The largest absolute Gasteiger partial charge is 0.353 e. The number of thiazole rings is 1. The van der Waals surface area contributed by atoms with Crippen molar-refractivity contribution < 1.29 is 0 Å². The molecule has 0 atom stereocenters. The summed E-state index contributed by atoms with van der Waals surface area (Å²) in [5.74, 6) is 1.16. The molecule has 0 amide bonds. The van der Waals surface area contributed by atoms with Crippen molar-refractivity contribution in [2.75, 3.05) is 37.6 Å². The minimum absolute atomic E-state index is 1.05. The smallest absolute Gasteiger partial charge is 0.150 e. The molecule has 148 valence electrons. The van der Waals surface area contributed by atoms with Gasteiger partial charge in [-0.15, -0.1) is 11.3 Å². The molecule has 29 heavy (non-hydrogen) atoms. The zero-order valence-electron chi connectivity index (χ0n) is 16.5. The van der Waals surface area contributed by atoms with E-state index in [0.717, 1.165) is 55.7 Å². The monoisotopic (exact) mass is 420 g/mol. The standard InChI is InChI=1S/C23H24N4S2/c1-17-24-21(16-28-17)19-8-6-18(7-9-19)10-11-26-12-14-27(15-13-26)23-20-4-2-3-5-22(20)29-25-23/h2-9,16H,10-15H2,1H3. The Morgan fingerprint density at radius 1 is 0.966 bits per heavy atom. The highest BCUT2D eigenvalue weighted by Gasteiger charge is 2.20. The summed E-state index contributed by atoms with van der Waals surface area (Å²) in [7, 11) is 0. The van der Waals surface area contributed by atoms with Crippen molar-refractivity contribution in [2.24, 2.45) is 0 Å². The average Bonchev–Trinajstić information content (AvgIpc) is 3.39. The lowest BCUT2D eigenvalue weighted by molar-refractivity contribution is 0.261. The van der Waals surface area contributed by atoms with Crippen LogP contribution in [-0.2, 0) is 6.42 Å². The Kier molecular flexibility index (Phi) is 5.31. The lowest BCUT2D eigenvalue weighted by Crippen LogP contribution is -2.47. The molecule has 1 saturated heterocycles. The van der Waals surface area contributed by atoms with Crippen LogP contribution in [0.1, 0.15) is 10.6 Å². The van der Waals surface area contributed by atoms with Crippen LogP contribution in [0.3, 0.4) is 0 Å². The Morgan fingerprint density at radius 3 is 2.52 bits per heavy atom. The van der Waals surface area contributed by atoms with E-state index in [2.05, 4.69) is 75.6 Å². The van der Waals surface area contributed by atoms with E-state index in [1.165, 1.54) is 21.2 Å². The van der Waals surface area contributed by atoms with E-state index in [4.69, 9.17) is 4.37 Å². The van der Waals surface area contributed by atoms with Crippen LogP contribution in [0.5, 0.6) is 0 Å². The van der Waals surface area contributed by atoms with Gasteiger partial charge in [0.05, 0.1) is 15.4 Å². The number of rotatable bonds is 5. The predicted molar refractivity (Wildman–Crippen MR) is 124 cm³/mol. The van der Waals surface area contributed by atoms with Crippen molar-refractivity contribution in [3.05, 3.63) is 64.5 Å².